The maximum Gasteiger partial charge on any atom is 0.162 e. The molecule has 2 heterocycles. The van der Waals surface area contributed by atoms with E-state index in [1.165, 1.54) is 0 Å². The number of allylic oxidation sites excluding steroid dienone is 1. The molecule has 0 aliphatic heterocycles. The minimum absolute atomic E-state index is 0.363. The number of nitrogens with two attached hydrogens (primary N) is 1. The lowest BCUT2D eigenvalue weighted by Crippen LogP contribution is -2.28. The maximum absolute atomic E-state index is 6.19. The summed E-state index contributed by atoms with van der Waals surface area (Å²) in [6.07, 6.45) is 5.69. The van der Waals surface area contributed by atoms with Crippen molar-refractivity contribution in [1.82, 2.24) is 14.6 Å². The van der Waals surface area contributed by atoms with E-state index in [2.05, 4.69) is 54.7 Å². The quantitative estimate of drug-likeness (QED) is 0.473. The molecule has 0 radical (unpaired) electrons. The van der Waals surface area contributed by atoms with Gasteiger partial charge in [0.1, 0.15) is 0 Å². The second-order valence-electron chi connectivity index (χ2n) is 8.27. The highest BCUT2D eigenvalue weighted by atomic mass is 15.2. The Bertz CT molecular complexity index is 1250. The number of nitrogens with zero attached hydrogens (tertiary/aromatic N) is 3. The van der Waals surface area contributed by atoms with Gasteiger partial charge in [-0.05, 0) is 48.6 Å². The Labute approximate surface area is 177 Å². The Hall–Kier alpha value is -3.50. The van der Waals surface area contributed by atoms with E-state index in [4.69, 9.17) is 10.7 Å². The molecule has 0 spiro atoms. The van der Waals surface area contributed by atoms with E-state index in [0.717, 1.165) is 50.2 Å². The SMILES string of the molecule is C=C(C)c1ccccc1C(=C)c1cnn2cc(-c3ccc(C(C)(C)N)cc3)cnc12. The summed E-state index contributed by atoms with van der Waals surface area (Å²) >= 11 is 0. The highest BCUT2D eigenvalue weighted by Crippen LogP contribution is 2.31. The van der Waals surface area contributed by atoms with E-state index >= 15 is 0 Å². The fourth-order valence-corrected chi connectivity index (χ4v) is 3.59. The van der Waals surface area contributed by atoms with E-state index in [0.29, 0.717) is 0 Å². The summed E-state index contributed by atoms with van der Waals surface area (Å²) in [4.78, 5) is 4.70. The molecule has 0 bridgehead atoms. The average molecular weight is 395 g/mol. The van der Waals surface area contributed by atoms with Crippen LogP contribution >= 0.6 is 0 Å². The number of fused-ring (bicyclic) bond motifs is 1. The molecule has 4 rings (SSSR count). The van der Waals surface area contributed by atoms with E-state index in [-0.39, 0.29) is 5.54 Å². The van der Waals surface area contributed by atoms with Crippen molar-refractivity contribution in [2.75, 3.05) is 0 Å². The lowest BCUT2D eigenvalue weighted by molar-refractivity contribution is 0.554. The van der Waals surface area contributed by atoms with E-state index < -0.39 is 0 Å². The van der Waals surface area contributed by atoms with E-state index in [1.807, 2.05) is 51.5 Å². The second kappa shape index (κ2) is 7.39. The van der Waals surface area contributed by atoms with Crippen LogP contribution in [0.2, 0.25) is 0 Å². The molecule has 4 nitrogen and oxygen atoms in total. The van der Waals surface area contributed by atoms with Crippen molar-refractivity contribution >= 4 is 16.8 Å². The zero-order valence-corrected chi connectivity index (χ0v) is 17.7. The third-order valence-electron chi connectivity index (χ3n) is 5.36. The number of rotatable bonds is 5. The molecule has 4 aromatic rings. The number of hydrogen-bond donors (Lipinski definition) is 1. The van der Waals surface area contributed by atoms with E-state index in [1.54, 1.807) is 4.52 Å². The van der Waals surface area contributed by atoms with Gasteiger partial charge in [-0.1, -0.05) is 67.3 Å². The minimum atomic E-state index is -0.363. The van der Waals surface area contributed by atoms with Gasteiger partial charge in [-0.2, -0.15) is 5.10 Å². The molecule has 0 aliphatic rings. The molecule has 2 aromatic carbocycles. The van der Waals surface area contributed by atoms with Crippen LogP contribution in [0.4, 0.5) is 0 Å². The molecule has 0 unspecified atom stereocenters. The van der Waals surface area contributed by atoms with Crippen molar-refractivity contribution in [1.29, 1.82) is 0 Å². The van der Waals surface area contributed by atoms with Gasteiger partial charge in [0.25, 0.3) is 0 Å². The molecule has 0 saturated heterocycles. The zero-order valence-electron chi connectivity index (χ0n) is 17.7. The van der Waals surface area contributed by atoms with Crippen LogP contribution in [-0.4, -0.2) is 14.6 Å². The Morgan fingerprint density at radius 2 is 1.57 bits per heavy atom. The fraction of sp³-hybridized carbons (Fsp3) is 0.154. The first-order valence-electron chi connectivity index (χ1n) is 9.93. The number of aromatic nitrogens is 3. The van der Waals surface area contributed by atoms with Crippen LogP contribution in [0.15, 0.2) is 80.3 Å². The fourth-order valence-electron chi connectivity index (χ4n) is 3.59. The maximum atomic E-state index is 6.19. The first-order chi connectivity index (χ1) is 14.3. The molecule has 150 valence electrons. The van der Waals surface area contributed by atoms with Crippen molar-refractivity contribution in [2.45, 2.75) is 26.3 Å². The third-order valence-corrected chi connectivity index (χ3v) is 5.36. The monoisotopic (exact) mass is 394 g/mol. The molecule has 0 fully saturated rings. The van der Waals surface area contributed by atoms with Crippen molar-refractivity contribution in [2.24, 2.45) is 5.73 Å². The van der Waals surface area contributed by atoms with Crippen LogP contribution in [0, 0.1) is 0 Å². The summed E-state index contributed by atoms with van der Waals surface area (Å²) in [6, 6.07) is 16.4. The molecule has 4 heteroatoms. The van der Waals surface area contributed by atoms with Crippen LogP contribution < -0.4 is 5.73 Å². The van der Waals surface area contributed by atoms with Crippen LogP contribution in [0.3, 0.4) is 0 Å². The van der Waals surface area contributed by atoms with Crippen molar-refractivity contribution in [3.05, 3.63) is 103 Å². The van der Waals surface area contributed by atoms with Crippen LogP contribution in [0.5, 0.6) is 0 Å². The molecular formula is C26H26N4. The normalized spacial score (nSPS) is 11.6. The predicted octanol–water partition coefficient (Wildman–Crippen LogP) is 5.68. The standard InChI is InChI=1S/C26H26N4/c1-17(2)22-8-6-7-9-23(22)18(3)24-15-29-30-16-20(14-28-25(24)30)19-10-12-21(13-11-19)26(4,5)27/h6-16H,1,3,27H2,2,4-5H3. The summed E-state index contributed by atoms with van der Waals surface area (Å²) in [5, 5.41) is 4.53. The van der Waals surface area contributed by atoms with Gasteiger partial charge in [0.15, 0.2) is 5.65 Å². The zero-order chi connectivity index (χ0) is 21.5. The minimum Gasteiger partial charge on any atom is -0.322 e. The van der Waals surface area contributed by atoms with Crippen LogP contribution in [-0.2, 0) is 5.54 Å². The molecule has 0 atom stereocenters. The molecule has 30 heavy (non-hydrogen) atoms. The third kappa shape index (κ3) is 3.58. The lowest BCUT2D eigenvalue weighted by Gasteiger charge is -2.19. The topological polar surface area (TPSA) is 56.2 Å². The number of benzene rings is 2. The van der Waals surface area contributed by atoms with Crippen LogP contribution in [0.1, 0.15) is 43.0 Å². The Morgan fingerprint density at radius 3 is 2.20 bits per heavy atom. The summed E-state index contributed by atoms with van der Waals surface area (Å²) in [6.45, 7) is 14.4. The van der Waals surface area contributed by atoms with Gasteiger partial charge in [-0.25, -0.2) is 9.50 Å². The Kier molecular flexibility index (Phi) is 4.88. The highest BCUT2D eigenvalue weighted by Gasteiger charge is 2.16. The van der Waals surface area contributed by atoms with Gasteiger partial charge in [0, 0.05) is 29.1 Å². The predicted molar refractivity (Wildman–Crippen MR) is 125 cm³/mol. The smallest absolute Gasteiger partial charge is 0.162 e. The first kappa shape index (κ1) is 19.8. The largest absolute Gasteiger partial charge is 0.322 e. The Balaban J connectivity index is 1.71. The van der Waals surface area contributed by atoms with Gasteiger partial charge in [-0.15, -0.1) is 0 Å². The summed E-state index contributed by atoms with van der Waals surface area (Å²) < 4.78 is 1.81. The van der Waals surface area contributed by atoms with Gasteiger partial charge >= 0.3 is 0 Å². The van der Waals surface area contributed by atoms with E-state index in [9.17, 15) is 0 Å². The van der Waals surface area contributed by atoms with Gasteiger partial charge in [0.05, 0.1) is 6.20 Å². The van der Waals surface area contributed by atoms with Gasteiger partial charge in [0.2, 0.25) is 0 Å². The van der Waals surface area contributed by atoms with Gasteiger partial charge < -0.3 is 5.73 Å². The molecule has 2 N–H and O–H groups in total. The average Bonchev–Trinajstić information content (AvgIpc) is 3.16. The van der Waals surface area contributed by atoms with Crippen molar-refractivity contribution < 1.29 is 0 Å². The Morgan fingerprint density at radius 1 is 0.900 bits per heavy atom. The summed E-state index contributed by atoms with van der Waals surface area (Å²) in [7, 11) is 0. The molecule has 0 saturated carbocycles. The van der Waals surface area contributed by atoms with Gasteiger partial charge in [-0.3, -0.25) is 0 Å². The second-order valence-corrected chi connectivity index (χ2v) is 8.27. The molecular weight excluding hydrogens is 368 g/mol. The molecule has 2 aromatic heterocycles. The first-order valence-corrected chi connectivity index (χ1v) is 9.93. The number of hydrogen-bond acceptors (Lipinski definition) is 3. The van der Waals surface area contributed by atoms with Crippen molar-refractivity contribution in [3.8, 4) is 11.1 Å². The highest BCUT2D eigenvalue weighted by molar-refractivity contribution is 5.89. The molecule has 0 amide bonds. The van der Waals surface area contributed by atoms with Crippen molar-refractivity contribution in [3.63, 3.8) is 0 Å². The van der Waals surface area contributed by atoms with Crippen LogP contribution in [0.25, 0.3) is 27.9 Å². The summed E-state index contributed by atoms with van der Waals surface area (Å²) in [5.41, 5.74) is 14.7. The molecule has 0 aliphatic carbocycles. The lowest BCUT2D eigenvalue weighted by atomic mass is 9.93. The summed E-state index contributed by atoms with van der Waals surface area (Å²) in [5.74, 6) is 0.